The molecule has 1 aliphatic heterocycles. The van der Waals surface area contributed by atoms with E-state index in [2.05, 4.69) is 70.6 Å². The first-order valence-corrected chi connectivity index (χ1v) is 8.99. The summed E-state index contributed by atoms with van der Waals surface area (Å²) in [6.07, 6.45) is 2.26. The molecule has 5 rings (SSSR count). The average molecular weight is 353 g/mol. The van der Waals surface area contributed by atoms with E-state index in [9.17, 15) is 0 Å². The Hall–Kier alpha value is -3.53. The molecule has 0 radical (unpaired) electrons. The van der Waals surface area contributed by atoms with Crippen LogP contribution >= 0.6 is 0 Å². The van der Waals surface area contributed by atoms with Crippen molar-refractivity contribution in [3.63, 3.8) is 0 Å². The van der Waals surface area contributed by atoms with Crippen molar-refractivity contribution >= 4 is 22.7 Å². The molecule has 0 fully saturated rings. The zero-order chi connectivity index (χ0) is 18.2. The Balaban J connectivity index is 1.70. The Morgan fingerprint density at radius 3 is 2.41 bits per heavy atom. The Bertz CT molecular complexity index is 1130. The van der Waals surface area contributed by atoms with Gasteiger partial charge in [0.15, 0.2) is 0 Å². The highest BCUT2D eigenvalue weighted by Gasteiger charge is 2.25. The number of ether oxygens (including phenoxy) is 1. The van der Waals surface area contributed by atoms with Crippen LogP contribution in [-0.2, 0) is 0 Å². The fraction of sp³-hybridized carbons (Fsp3) is 0.0870. The third-order valence-corrected chi connectivity index (χ3v) is 4.99. The van der Waals surface area contributed by atoms with Gasteiger partial charge in [0.2, 0.25) is 5.95 Å². The lowest BCUT2D eigenvalue weighted by Crippen LogP contribution is -2.19. The van der Waals surface area contributed by atoms with Crippen LogP contribution in [0.4, 0.5) is 5.95 Å². The molecule has 4 heteroatoms. The minimum Gasteiger partial charge on any atom is -0.497 e. The van der Waals surface area contributed by atoms with E-state index in [-0.39, 0.29) is 6.04 Å². The SMILES string of the molecule is COc1ccc(C2C=C(c3ccccc3)Nc3nc4ccccc4n32)cc1. The lowest BCUT2D eigenvalue weighted by atomic mass is 10.0. The standard InChI is InChI=1S/C23H19N3O/c1-27-18-13-11-17(12-14-18)22-15-20(16-7-3-2-4-8-16)25-23-24-19-9-5-6-10-21(19)26(22)23/h2-15,22H,1H3,(H,24,25). The van der Waals surface area contributed by atoms with E-state index < -0.39 is 0 Å². The minimum atomic E-state index is 0.0507. The third kappa shape index (κ3) is 2.66. The van der Waals surface area contributed by atoms with Gasteiger partial charge in [-0.3, -0.25) is 4.57 Å². The van der Waals surface area contributed by atoms with Crippen LogP contribution in [0.25, 0.3) is 16.7 Å². The van der Waals surface area contributed by atoms with Gasteiger partial charge in [-0.15, -0.1) is 0 Å². The van der Waals surface area contributed by atoms with Crippen molar-refractivity contribution in [2.75, 3.05) is 12.4 Å². The fourth-order valence-electron chi connectivity index (χ4n) is 3.64. The molecular formula is C23H19N3O. The van der Waals surface area contributed by atoms with Crippen LogP contribution in [-0.4, -0.2) is 16.7 Å². The lowest BCUT2D eigenvalue weighted by Gasteiger charge is -2.26. The van der Waals surface area contributed by atoms with Gasteiger partial charge in [0.05, 0.1) is 24.2 Å². The molecule has 0 saturated heterocycles. The molecule has 2 heterocycles. The maximum Gasteiger partial charge on any atom is 0.209 e. The number of aromatic nitrogens is 2. The summed E-state index contributed by atoms with van der Waals surface area (Å²) in [7, 11) is 1.69. The third-order valence-electron chi connectivity index (χ3n) is 4.99. The Morgan fingerprint density at radius 2 is 1.63 bits per heavy atom. The Morgan fingerprint density at radius 1 is 0.889 bits per heavy atom. The number of imidazole rings is 1. The minimum absolute atomic E-state index is 0.0507. The molecule has 1 N–H and O–H groups in total. The number of fused-ring (bicyclic) bond motifs is 3. The number of nitrogens with one attached hydrogen (secondary N) is 1. The molecule has 0 aliphatic carbocycles. The number of para-hydroxylation sites is 2. The largest absolute Gasteiger partial charge is 0.497 e. The van der Waals surface area contributed by atoms with E-state index in [0.717, 1.165) is 34.0 Å². The van der Waals surface area contributed by atoms with Crippen molar-refractivity contribution in [2.45, 2.75) is 6.04 Å². The molecule has 4 aromatic rings. The van der Waals surface area contributed by atoms with E-state index >= 15 is 0 Å². The average Bonchev–Trinajstić information content (AvgIpc) is 3.12. The topological polar surface area (TPSA) is 39.1 Å². The number of benzene rings is 3. The Kier molecular flexibility index (Phi) is 3.68. The summed E-state index contributed by atoms with van der Waals surface area (Å²) < 4.78 is 7.58. The highest BCUT2D eigenvalue weighted by atomic mass is 16.5. The highest BCUT2D eigenvalue weighted by molar-refractivity contribution is 5.85. The van der Waals surface area contributed by atoms with Gasteiger partial charge in [0, 0.05) is 5.70 Å². The normalized spacial score (nSPS) is 15.7. The summed E-state index contributed by atoms with van der Waals surface area (Å²) in [5, 5.41) is 3.51. The molecule has 4 nitrogen and oxygen atoms in total. The molecule has 0 amide bonds. The maximum absolute atomic E-state index is 5.32. The maximum atomic E-state index is 5.32. The number of methoxy groups -OCH3 is 1. The van der Waals surface area contributed by atoms with Crippen LogP contribution < -0.4 is 10.1 Å². The number of anilines is 1. The van der Waals surface area contributed by atoms with E-state index in [1.165, 1.54) is 5.56 Å². The van der Waals surface area contributed by atoms with Crippen molar-refractivity contribution in [2.24, 2.45) is 0 Å². The zero-order valence-electron chi connectivity index (χ0n) is 15.0. The van der Waals surface area contributed by atoms with Crippen LogP contribution in [0.1, 0.15) is 17.2 Å². The summed E-state index contributed by atoms with van der Waals surface area (Å²) in [4.78, 5) is 4.82. The van der Waals surface area contributed by atoms with E-state index in [1.807, 2.05) is 24.3 Å². The fourth-order valence-corrected chi connectivity index (χ4v) is 3.64. The number of hydrogen-bond donors (Lipinski definition) is 1. The monoisotopic (exact) mass is 353 g/mol. The van der Waals surface area contributed by atoms with Crippen LogP contribution in [0.2, 0.25) is 0 Å². The summed E-state index contributed by atoms with van der Waals surface area (Å²) in [5.41, 5.74) is 5.51. The highest BCUT2D eigenvalue weighted by Crippen LogP contribution is 2.37. The Labute approximate surface area is 157 Å². The summed E-state index contributed by atoms with van der Waals surface area (Å²) in [6, 6.07) is 26.9. The van der Waals surface area contributed by atoms with Crippen molar-refractivity contribution in [3.05, 3.63) is 96.1 Å². The predicted molar refractivity (Wildman–Crippen MR) is 109 cm³/mol. The number of rotatable bonds is 3. The number of nitrogens with zero attached hydrogens (tertiary/aromatic N) is 2. The predicted octanol–water partition coefficient (Wildman–Crippen LogP) is 5.10. The summed E-state index contributed by atoms with van der Waals surface area (Å²) in [6.45, 7) is 0. The van der Waals surface area contributed by atoms with Gasteiger partial charge >= 0.3 is 0 Å². The number of allylic oxidation sites excluding steroid dienone is 1. The summed E-state index contributed by atoms with van der Waals surface area (Å²) in [5.74, 6) is 1.72. The quantitative estimate of drug-likeness (QED) is 0.557. The van der Waals surface area contributed by atoms with Gasteiger partial charge in [0.25, 0.3) is 0 Å². The molecule has 3 aromatic carbocycles. The van der Waals surface area contributed by atoms with Gasteiger partial charge in [-0.25, -0.2) is 4.98 Å². The van der Waals surface area contributed by atoms with Gasteiger partial charge in [-0.1, -0.05) is 54.6 Å². The first kappa shape index (κ1) is 15.7. The second-order valence-electron chi connectivity index (χ2n) is 6.58. The molecule has 27 heavy (non-hydrogen) atoms. The summed E-state index contributed by atoms with van der Waals surface area (Å²) >= 11 is 0. The molecule has 0 spiro atoms. The zero-order valence-corrected chi connectivity index (χ0v) is 15.0. The molecule has 132 valence electrons. The van der Waals surface area contributed by atoms with Crippen molar-refractivity contribution in [3.8, 4) is 5.75 Å². The molecular weight excluding hydrogens is 334 g/mol. The van der Waals surface area contributed by atoms with Crippen LogP contribution in [0.3, 0.4) is 0 Å². The van der Waals surface area contributed by atoms with Gasteiger partial charge < -0.3 is 10.1 Å². The smallest absolute Gasteiger partial charge is 0.209 e. The van der Waals surface area contributed by atoms with Gasteiger partial charge in [-0.2, -0.15) is 0 Å². The first-order chi connectivity index (χ1) is 13.3. The second kappa shape index (κ2) is 6.32. The van der Waals surface area contributed by atoms with E-state index in [1.54, 1.807) is 7.11 Å². The number of hydrogen-bond acceptors (Lipinski definition) is 3. The molecule has 1 unspecified atom stereocenters. The van der Waals surface area contributed by atoms with E-state index in [4.69, 9.17) is 9.72 Å². The molecule has 1 atom stereocenters. The molecule has 1 aliphatic rings. The second-order valence-corrected chi connectivity index (χ2v) is 6.58. The van der Waals surface area contributed by atoms with Crippen LogP contribution in [0.5, 0.6) is 5.75 Å². The van der Waals surface area contributed by atoms with Gasteiger partial charge in [0.1, 0.15) is 5.75 Å². The molecule has 0 bridgehead atoms. The van der Waals surface area contributed by atoms with Crippen molar-refractivity contribution in [1.29, 1.82) is 0 Å². The van der Waals surface area contributed by atoms with E-state index in [0.29, 0.717) is 0 Å². The molecule has 0 saturated carbocycles. The van der Waals surface area contributed by atoms with Crippen LogP contribution in [0, 0.1) is 0 Å². The van der Waals surface area contributed by atoms with Crippen molar-refractivity contribution in [1.82, 2.24) is 9.55 Å². The van der Waals surface area contributed by atoms with Crippen molar-refractivity contribution < 1.29 is 4.74 Å². The van der Waals surface area contributed by atoms with Gasteiger partial charge in [-0.05, 0) is 41.5 Å². The van der Waals surface area contributed by atoms with Crippen LogP contribution in [0.15, 0.2) is 84.9 Å². The molecule has 1 aromatic heterocycles. The first-order valence-electron chi connectivity index (χ1n) is 8.99. The lowest BCUT2D eigenvalue weighted by molar-refractivity contribution is 0.414.